The molecule has 3 atom stereocenters. The van der Waals surface area contributed by atoms with Gasteiger partial charge in [-0.1, -0.05) is 0 Å². The van der Waals surface area contributed by atoms with Crippen LogP contribution in [0.15, 0.2) is 12.1 Å². The lowest BCUT2D eigenvalue weighted by atomic mass is 9.86. The van der Waals surface area contributed by atoms with E-state index in [9.17, 15) is 13.2 Å². The van der Waals surface area contributed by atoms with E-state index >= 15 is 0 Å². The number of hydrogen-bond acceptors (Lipinski definition) is 1. The predicted octanol–water partition coefficient (Wildman–Crippen LogP) is 3.10. The predicted molar refractivity (Wildman–Crippen MR) is 58.2 cm³/mol. The van der Waals surface area contributed by atoms with Crippen LogP contribution in [-0.2, 0) is 0 Å². The Morgan fingerprint density at radius 2 is 1.65 bits per heavy atom. The van der Waals surface area contributed by atoms with Crippen molar-refractivity contribution >= 4 is 0 Å². The first kappa shape index (κ1) is 11.1. The molecule has 2 aliphatic rings. The standard InChI is InChI=1S/C13H14F3N/c14-8-5-11(13(16)12(15)6-8)7-3-9-1-2-10(4-7)17-9/h5-7,9-10,17H,1-4H2/t7?,9-,10+. The first-order valence-corrected chi connectivity index (χ1v) is 6.04. The van der Waals surface area contributed by atoms with Crippen LogP contribution in [0.4, 0.5) is 13.2 Å². The lowest BCUT2D eigenvalue weighted by molar-refractivity contribution is 0.351. The number of nitrogens with one attached hydrogen (secondary N) is 1. The van der Waals surface area contributed by atoms with Crippen molar-refractivity contribution in [1.29, 1.82) is 0 Å². The molecule has 4 heteroatoms. The van der Waals surface area contributed by atoms with Gasteiger partial charge in [-0.25, -0.2) is 13.2 Å². The Kier molecular flexibility index (Phi) is 2.62. The Morgan fingerprint density at radius 1 is 1.00 bits per heavy atom. The lowest BCUT2D eigenvalue weighted by Crippen LogP contribution is -2.37. The maximum absolute atomic E-state index is 13.7. The first-order chi connectivity index (χ1) is 8.13. The second kappa shape index (κ2) is 4.02. The molecular formula is C13H14F3N. The molecule has 2 heterocycles. The van der Waals surface area contributed by atoms with Crippen LogP contribution in [0, 0.1) is 17.5 Å². The lowest BCUT2D eigenvalue weighted by Gasteiger charge is -2.29. The summed E-state index contributed by atoms with van der Waals surface area (Å²) in [4.78, 5) is 0. The molecule has 1 aromatic rings. The Morgan fingerprint density at radius 3 is 2.29 bits per heavy atom. The topological polar surface area (TPSA) is 12.0 Å². The average molecular weight is 241 g/mol. The van der Waals surface area contributed by atoms with Gasteiger partial charge in [0.05, 0.1) is 0 Å². The molecule has 1 aromatic carbocycles. The minimum atomic E-state index is -1.08. The quantitative estimate of drug-likeness (QED) is 0.745. The van der Waals surface area contributed by atoms with Gasteiger partial charge in [-0.3, -0.25) is 0 Å². The van der Waals surface area contributed by atoms with Crippen molar-refractivity contribution in [2.45, 2.75) is 43.7 Å². The number of halogens is 3. The fraction of sp³-hybridized carbons (Fsp3) is 0.538. The van der Waals surface area contributed by atoms with Crippen LogP contribution < -0.4 is 5.32 Å². The van der Waals surface area contributed by atoms with Crippen LogP contribution in [0.2, 0.25) is 0 Å². The number of piperidine rings is 1. The molecule has 0 radical (unpaired) electrons. The molecule has 17 heavy (non-hydrogen) atoms. The van der Waals surface area contributed by atoms with Gasteiger partial charge in [0.2, 0.25) is 0 Å². The van der Waals surface area contributed by atoms with Gasteiger partial charge in [0.25, 0.3) is 0 Å². The third kappa shape index (κ3) is 1.95. The molecule has 0 spiro atoms. The van der Waals surface area contributed by atoms with Gasteiger partial charge in [0.1, 0.15) is 5.82 Å². The highest BCUT2D eigenvalue weighted by Gasteiger charge is 2.35. The SMILES string of the molecule is Fc1cc(F)c(F)c(C2C[C@H]3CC[C@@H](C2)N3)c1. The third-order valence-corrected chi connectivity index (χ3v) is 3.93. The van der Waals surface area contributed by atoms with Gasteiger partial charge in [-0.2, -0.15) is 0 Å². The summed E-state index contributed by atoms with van der Waals surface area (Å²) in [6.45, 7) is 0. The average Bonchev–Trinajstić information content (AvgIpc) is 2.63. The van der Waals surface area contributed by atoms with Gasteiger partial charge in [0, 0.05) is 18.2 Å². The van der Waals surface area contributed by atoms with Crippen molar-refractivity contribution in [3.63, 3.8) is 0 Å². The van der Waals surface area contributed by atoms with Gasteiger partial charge < -0.3 is 5.32 Å². The van der Waals surface area contributed by atoms with E-state index in [2.05, 4.69) is 5.32 Å². The van der Waals surface area contributed by atoms with E-state index in [1.54, 1.807) is 0 Å². The Balaban J connectivity index is 1.94. The zero-order chi connectivity index (χ0) is 12.0. The van der Waals surface area contributed by atoms with E-state index in [0.717, 1.165) is 31.7 Å². The normalized spacial score (nSPS) is 31.8. The second-order valence-electron chi connectivity index (χ2n) is 5.10. The molecular weight excluding hydrogens is 227 g/mol. The molecule has 2 saturated heterocycles. The van der Waals surface area contributed by atoms with Crippen molar-refractivity contribution in [3.8, 4) is 0 Å². The first-order valence-electron chi connectivity index (χ1n) is 6.04. The summed E-state index contributed by atoms with van der Waals surface area (Å²) in [5.74, 6) is -2.70. The molecule has 1 nitrogen and oxygen atoms in total. The van der Waals surface area contributed by atoms with Gasteiger partial charge >= 0.3 is 0 Å². The van der Waals surface area contributed by atoms with Crippen molar-refractivity contribution in [2.24, 2.45) is 0 Å². The largest absolute Gasteiger partial charge is 0.311 e. The summed E-state index contributed by atoms with van der Waals surface area (Å²) in [5, 5.41) is 3.43. The van der Waals surface area contributed by atoms with Gasteiger partial charge in [-0.15, -0.1) is 0 Å². The molecule has 92 valence electrons. The number of benzene rings is 1. The van der Waals surface area contributed by atoms with Crippen LogP contribution in [0.3, 0.4) is 0 Å². The summed E-state index contributed by atoms with van der Waals surface area (Å²) >= 11 is 0. The Bertz CT molecular complexity index is 435. The maximum atomic E-state index is 13.7. The highest BCUT2D eigenvalue weighted by atomic mass is 19.2. The van der Waals surface area contributed by atoms with Crippen LogP contribution in [0.1, 0.15) is 37.2 Å². The van der Waals surface area contributed by atoms with Gasteiger partial charge in [0.15, 0.2) is 11.6 Å². The summed E-state index contributed by atoms with van der Waals surface area (Å²) in [7, 11) is 0. The minimum Gasteiger partial charge on any atom is -0.311 e. The molecule has 1 unspecified atom stereocenters. The highest BCUT2D eigenvalue weighted by Crippen LogP contribution is 2.38. The van der Waals surface area contributed by atoms with Crippen molar-refractivity contribution in [2.75, 3.05) is 0 Å². The van der Waals surface area contributed by atoms with Gasteiger partial charge in [-0.05, 0) is 43.2 Å². The van der Waals surface area contributed by atoms with E-state index in [0.29, 0.717) is 18.2 Å². The number of hydrogen-bond donors (Lipinski definition) is 1. The monoisotopic (exact) mass is 241 g/mol. The zero-order valence-electron chi connectivity index (χ0n) is 9.35. The Hall–Kier alpha value is -1.03. The molecule has 0 aromatic heterocycles. The smallest absolute Gasteiger partial charge is 0.162 e. The number of fused-ring (bicyclic) bond motifs is 2. The second-order valence-corrected chi connectivity index (χ2v) is 5.10. The van der Waals surface area contributed by atoms with E-state index in [-0.39, 0.29) is 11.5 Å². The fourth-order valence-electron chi connectivity index (χ4n) is 3.18. The fourth-order valence-corrected chi connectivity index (χ4v) is 3.18. The van der Waals surface area contributed by atoms with Crippen LogP contribution in [-0.4, -0.2) is 12.1 Å². The molecule has 2 fully saturated rings. The molecule has 2 aliphatic heterocycles. The van der Waals surface area contributed by atoms with E-state index in [4.69, 9.17) is 0 Å². The highest BCUT2D eigenvalue weighted by molar-refractivity contribution is 5.25. The summed E-state index contributed by atoms with van der Waals surface area (Å²) < 4.78 is 40.0. The van der Waals surface area contributed by atoms with E-state index in [1.807, 2.05) is 0 Å². The van der Waals surface area contributed by atoms with Crippen molar-refractivity contribution in [1.82, 2.24) is 5.32 Å². The molecule has 2 bridgehead atoms. The van der Waals surface area contributed by atoms with Crippen LogP contribution in [0.25, 0.3) is 0 Å². The minimum absolute atomic E-state index is 0.0565. The summed E-state index contributed by atoms with van der Waals surface area (Å²) in [5.41, 5.74) is 0.209. The third-order valence-electron chi connectivity index (χ3n) is 3.93. The van der Waals surface area contributed by atoms with Crippen LogP contribution in [0.5, 0.6) is 0 Å². The molecule has 0 saturated carbocycles. The molecule has 3 rings (SSSR count). The maximum Gasteiger partial charge on any atom is 0.162 e. The molecule has 1 N–H and O–H groups in total. The molecule has 0 amide bonds. The molecule has 0 aliphatic carbocycles. The van der Waals surface area contributed by atoms with E-state index in [1.165, 1.54) is 0 Å². The van der Waals surface area contributed by atoms with Crippen molar-refractivity contribution < 1.29 is 13.2 Å². The summed E-state index contributed by atoms with van der Waals surface area (Å²) in [6, 6.07) is 2.51. The van der Waals surface area contributed by atoms with E-state index < -0.39 is 17.5 Å². The summed E-state index contributed by atoms with van der Waals surface area (Å²) in [6.07, 6.45) is 3.72. The van der Waals surface area contributed by atoms with Crippen molar-refractivity contribution in [3.05, 3.63) is 35.1 Å². The zero-order valence-corrected chi connectivity index (χ0v) is 9.35. The van der Waals surface area contributed by atoms with Crippen LogP contribution >= 0.6 is 0 Å². The Labute approximate surface area is 98.0 Å². The number of rotatable bonds is 1.